The molecule has 1 aliphatic rings. The molecule has 184 valence electrons. The first kappa shape index (κ1) is 23.3. The Kier molecular flexibility index (Phi) is 6.39. The lowest BCUT2D eigenvalue weighted by Crippen LogP contribution is -2.29. The van der Waals surface area contributed by atoms with E-state index in [0.29, 0.717) is 10.7 Å². The molecular formula is C30H26N4O2S. The maximum absolute atomic E-state index is 13.5. The van der Waals surface area contributed by atoms with E-state index in [-0.39, 0.29) is 5.91 Å². The van der Waals surface area contributed by atoms with E-state index in [1.807, 2.05) is 60.7 Å². The Hall–Kier alpha value is -4.07. The van der Waals surface area contributed by atoms with Crippen molar-refractivity contribution < 1.29 is 9.53 Å². The summed E-state index contributed by atoms with van der Waals surface area (Å²) in [5.41, 5.74) is 5.40. The summed E-state index contributed by atoms with van der Waals surface area (Å²) in [6, 6.07) is 27.8. The van der Waals surface area contributed by atoms with Crippen LogP contribution in [-0.4, -0.2) is 34.4 Å². The number of fused-ring (bicyclic) bond motifs is 2. The number of nitrogens with one attached hydrogen (secondary N) is 1. The Morgan fingerprint density at radius 3 is 2.59 bits per heavy atom. The van der Waals surface area contributed by atoms with Crippen molar-refractivity contribution in [2.75, 3.05) is 19.0 Å². The highest BCUT2D eigenvalue weighted by Crippen LogP contribution is 2.31. The summed E-state index contributed by atoms with van der Waals surface area (Å²) < 4.78 is 5.28. The van der Waals surface area contributed by atoms with E-state index >= 15 is 0 Å². The summed E-state index contributed by atoms with van der Waals surface area (Å²) in [6.45, 7) is 2.72. The van der Waals surface area contributed by atoms with Gasteiger partial charge in [0.05, 0.1) is 29.6 Å². The molecule has 0 aliphatic carbocycles. The van der Waals surface area contributed by atoms with Gasteiger partial charge in [0.15, 0.2) is 5.13 Å². The number of hydrogen-bond donors (Lipinski definition) is 1. The number of pyridine rings is 1. The molecule has 0 saturated carbocycles. The minimum atomic E-state index is -0.180. The maximum Gasteiger partial charge on any atom is 0.258 e. The van der Waals surface area contributed by atoms with Crippen LogP contribution >= 0.6 is 11.3 Å². The van der Waals surface area contributed by atoms with E-state index in [1.165, 1.54) is 10.4 Å². The average Bonchev–Trinajstić information content (AvgIpc) is 3.34. The minimum absolute atomic E-state index is 0.180. The van der Waals surface area contributed by atoms with Gasteiger partial charge in [-0.2, -0.15) is 0 Å². The van der Waals surface area contributed by atoms with E-state index in [2.05, 4.69) is 34.5 Å². The molecule has 5 aromatic rings. The zero-order chi connectivity index (χ0) is 25.2. The van der Waals surface area contributed by atoms with Crippen LogP contribution in [0.2, 0.25) is 0 Å². The van der Waals surface area contributed by atoms with Crippen LogP contribution in [0.25, 0.3) is 22.2 Å². The molecule has 0 fully saturated rings. The Morgan fingerprint density at radius 1 is 1.00 bits per heavy atom. The van der Waals surface area contributed by atoms with Gasteiger partial charge in [0.25, 0.3) is 5.91 Å². The number of carbonyl (C=O) groups is 1. The fourth-order valence-corrected chi connectivity index (χ4v) is 5.76. The maximum atomic E-state index is 13.5. The van der Waals surface area contributed by atoms with E-state index in [9.17, 15) is 4.79 Å². The fourth-order valence-electron chi connectivity index (χ4n) is 4.72. The minimum Gasteiger partial charge on any atom is -0.497 e. The molecular weight excluding hydrogens is 480 g/mol. The fraction of sp³-hybridized carbons (Fsp3) is 0.167. The third kappa shape index (κ3) is 4.96. The number of ether oxygens (including phenoxy) is 1. The molecule has 0 unspecified atom stereocenters. The smallest absolute Gasteiger partial charge is 0.258 e. The van der Waals surface area contributed by atoms with Crippen molar-refractivity contribution in [1.29, 1.82) is 0 Å². The highest BCUT2D eigenvalue weighted by atomic mass is 32.1. The van der Waals surface area contributed by atoms with Crippen LogP contribution in [0.15, 0.2) is 84.9 Å². The second kappa shape index (κ2) is 10.1. The molecule has 2 aromatic heterocycles. The first-order chi connectivity index (χ1) is 18.2. The molecule has 0 bridgehead atoms. The zero-order valence-corrected chi connectivity index (χ0v) is 21.3. The van der Waals surface area contributed by atoms with E-state index in [0.717, 1.165) is 59.7 Å². The summed E-state index contributed by atoms with van der Waals surface area (Å²) in [4.78, 5) is 26.8. The molecule has 0 spiro atoms. The van der Waals surface area contributed by atoms with Gasteiger partial charge in [0.1, 0.15) is 5.75 Å². The zero-order valence-electron chi connectivity index (χ0n) is 20.5. The molecule has 1 N–H and O–H groups in total. The Labute approximate surface area is 219 Å². The van der Waals surface area contributed by atoms with Crippen molar-refractivity contribution in [3.05, 3.63) is 107 Å². The Morgan fingerprint density at radius 2 is 1.78 bits per heavy atom. The third-order valence-corrected chi connectivity index (χ3v) is 7.62. The number of para-hydroxylation sites is 1. The van der Waals surface area contributed by atoms with Crippen molar-refractivity contribution in [1.82, 2.24) is 14.9 Å². The number of nitrogens with zero attached hydrogens (tertiary/aromatic N) is 3. The van der Waals surface area contributed by atoms with Gasteiger partial charge < -0.3 is 4.74 Å². The normalized spacial score (nSPS) is 13.3. The molecule has 0 saturated heterocycles. The highest BCUT2D eigenvalue weighted by molar-refractivity contribution is 7.15. The van der Waals surface area contributed by atoms with Crippen LogP contribution in [0, 0.1) is 0 Å². The van der Waals surface area contributed by atoms with Crippen LogP contribution in [0.4, 0.5) is 5.13 Å². The molecule has 1 amide bonds. The number of anilines is 1. The van der Waals surface area contributed by atoms with Gasteiger partial charge >= 0.3 is 0 Å². The van der Waals surface area contributed by atoms with E-state index in [4.69, 9.17) is 14.7 Å². The predicted octanol–water partition coefficient (Wildman–Crippen LogP) is 6.18. The predicted molar refractivity (Wildman–Crippen MR) is 148 cm³/mol. The first-order valence-electron chi connectivity index (χ1n) is 12.3. The summed E-state index contributed by atoms with van der Waals surface area (Å²) in [5.74, 6) is 0.596. The lowest BCUT2D eigenvalue weighted by Gasteiger charge is -2.25. The van der Waals surface area contributed by atoms with Crippen molar-refractivity contribution in [3.63, 3.8) is 0 Å². The molecule has 3 heterocycles. The summed E-state index contributed by atoms with van der Waals surface area (Å²) in [6.07, 6.45) is 0.883. The molecule has 6 nitrogen and oxygen atoms in total. The number of amides is 1. The quantitative estimate of drug-likeness (QED) is 0.298. The van der Waals surface area contributed by atoms with Gasteiger partial charge in [-0.15, -0.1) is 11.3 Å². The second-order valence-corrected chi connectivity index (χ2v) is 10.2. The third-order valence-electron chi connectivity index (χ3n) is 6.63. The van der Waals surface area contributed by atoms with Gasteiger partial charge in [0, 0.05) is 41.9 Å². The SMILES string of the molecule is COc1ccc(-c2cc(C(=O)Nc3nc4c(s3)CN(Cc3ccccc3)CC4)c3ccccc3n2)cc1. The van der Waals surface area contributed by atoms with Crippen molar-refractivity contribution in [2.24, 2.45) is 0 Å². The number of benzene rings is 3. The number of thiazole rings is 1. The van der Waals surface area contributed by atoms with Gasteiger partial charge in [0.2, 0.25) is 0 Å². The molecule has 7 heteroatoms. The molecule has 3 aromatic carbocycles. The monoisotopic (exact) mass is 506 g/mol. The number of hydrogen-bond acceptors (Lipinski definition) is 6. The Bertz CT molecular complexity index is 1560. The topological polar surface area (TPSA) is 67.3 Å². The summed E-state index contributed by atoms with van der Waals surface area (Å²) >= 11 is 1.57. The van der Waals surface area contributed by atoms with Gasteiger partial charge in [-0.05, 0) is 42.0 Å². The Balaban J connectivity index is 1.25. The number of aromatic nitrogens is 2. The molecule has 0 atom stereocenters. The van der Waals surface area contributed by atoms with Crippen molar-refractivity contribution in [2.45, 2.75) is 19.5 Å². The number of methoxy groups -OCH3 is 1. The average molecular weight is 507 g/mol. The summed E-state index contributed by atoms with van der Waals surface area (Å²) in [5, 5.41) is 4.53. The molecule has 37 heavy (non-hydrogen) atoms. The van der Waals surface area contributed by atoms with Crippen LogP contribution in [-0.2, 0) is 19.5 Å². The molecule has 0 radical (unpaired) electrons. The van der Waals surface area contributed by atoms with E-state index < -0.39 is 0 Å². The van der Waals surface area contributed by atoms with Crippen molar-refractivity contribution >= 4 is 33.3 Å². The van der Waals surface area contributed by atoms with Crippen LogP contribution in [0.5, 0.6) is 5.75 Å². The van der Waals surface area contributed by atoms with Crippen molar-refractivity contribution in [3.8, 4) is 17.0 Å². The first-order valence-corrected chi connectivity index (χ1v) is 13.1. The summed E-state index contributed by atoms with van der Waals surface area (Å²) in [7, 11) is 1.64. The molecule has 1 aliphatic heterocycles. The van der Waals surface area contributed by atoms with Gasteiger partial charge in [-0.1, -0.05) is 48.5 Å². The standard InChI is InChI=1S/C30H26N4O2S/c1-36-22-13-11-21(12-14-22)27-17-24(23-9-5-6-10-25(23)31-27)29(35)33-30-32-26-15-16-34(19-28(26)37-30)18-20-7-3-2-4-8-20/h2-14,17H,15-16,18-19H2,1H3,(H,32,33,35). The number of carbonyl (C=O) groups excluding carboxylic acids is 1. The highest BCUT2D eigenvalue weighted by Gasteiger charge is 2.22. The van der Waals surface area contributed by atoms with Crippen LogP contribution in [0.1, 0.15) is 26.5 Å². The lowest BCUT2D eigenvalue weighted by atomic mass is 10.0. The largest absolute Gasteiger partial charge is 0.497 e. The van der Waals surface area contributed by atoms with Crippen LogP contribution < -0.4 is 10.1 Å². The number of rotatable bonds is 6. The van der Waals surface area contributed by atoms with Gasteiger partial charge in [-0.3, -0.25) is 15.0 Å². The van der Waals surface area contributed by atoms with Gasteiger partial charge in [-0.25, -0.2) is 9.97 Å². The van der Waals surface area contributed by atoms with Crippen LogP contribution in [0.3, 0.4) is 0 Å². The van der Waals surface area contributed by atoms with E-state index in [1.54, 1.807) is 18.4 Å². The molecule has 6 rings (SSSR count). The lowest BCUT2D eigenvalue weighted by molar-refractivity contribution is 0.102. The second-order valence-electron chi connectivity index (χ2n) is 9.09.